The zero-order valence-corrected chi connectivity index (χ0v) is 13.7. The van der Waals surface area contributed by atoms with Crippen LogP contribution in [0.4, 0.5) is 11.6 Å². The quantitative estimate of drug-likeness (QED) is 0.885. The fraction of sp³-hybridized carbons (Fsp3) is 0.333. The lowest BCUT2D eigenvalue weighted by Gasteiger charge is -2.19. The van der Waals surface area contributed by atoms with Gasteiger partial charge in [-0.2, -0.15) is 0 Å². The number of hydrogen-bond acceptors (Lipinski definition) is 5. The average Bonchev–Trinajstić information content (AvgIpc) is 2.45. The van der Waals surface area contributed by atoms with E-state index < -0.39 is 10.0 Å². The Morgan fingerprint density at radius 2 is 1.64 bits per heavy atom. The first-order chi connectivity index (χ1) is 10.3. The summed E-state index contributed by atoms with van der Waals surface area (Å²) >= 11 is 0. The van der Waals surface area contributed by atoms with E-state index in [1.807, 2.05) is 0 Å². The van der Waals surface area contributed by atoms with Gasteiger partial charge in [-0.15, -0.1) is 0 Å². The Morgan fingerprint density at radius 3 is 2.18 bits per heavy atom. The number of rotatable bonds is 5. The Labute approximate surface area is 131 Å². The number of hydrogen-bond donors (Lipinski definition) is 2. The largest absolute Gasteiger partial charge is 0.385 e. The molecule has 22 heavy (non-hydrogen) atoms. The molecule has 7 heteroatoms. The number of anilines is 2. The molecule has 1 heterocycles. The maximum Gasteiger partial charge on any atom is 0.264 e. The molecule has 0 amide bonds. The van der Waals surface area contributed by atoms with Gasteiger partial charge in [-0.05, 0) is 35.7 Å². The number of nitrogens with zero attached hydrogens (tertiary/aromatic N) is 2. The normalized spacial score (nSPS) is 12.0. The lowest BCUT2D eigenvalue weighted by atomic mass is 9.97. The van der Waals surface area contributed by atoms with Crippen LogP contribution in [-0.4, -0.2) is 24.9 Å². The minimum absolute atomic E-state index is 0.0532. The van der Waals surface area contributed by atoms with E-state index in [1.54, 1.807) is 30.3 Å². The van der Waals surface area contributed by atoms with Gasteiger partial charge in [-0.3, -0.25) is 0 Å². The summed E-state index contributed by atoms with van der Waals surface area (Å²) in [5.41, 5.74) is 1.03. The first-order valence-electron chi connectivity index (χ1n) is 6.90. The molecule has 0 unspecified atom stereocenters. The third kappa shape index (κ3) is 4.70. The van der Waals surface area contributed by atoms with Crippen molar-refractivity contribution in [3.63, 3.8) is 0 Å². The van der Waals surface area contributed by atoms with Gasteiger partial charge in [0, 0.05) is 24.6 Å². The maximum atomic E-state index is 12.2. The first-order valence-corrected chi connectivity index (χ1v) is 8.38. The summed E-state index contributed by atoms with van der Waals surface area (Å²) in [7, 11) is -3.68. The number of sulfonamides is 1. The van der Waals surface area contributed by atoms with E-state index in [9.17, 15) is 8.42 Å². The van der Waals surface area contributed by atoms with Crippen molar-refractivity contribution >= 4 is 21.7 Å². The predicted molar refractivity (Wildman–Crippen MR) is 87.2 cm³/mol. The average molecular weight is 320 g/mol. The monoisotopic (exact) mass is 320 g/mol. The van der Waals surface area contributed by atoms with Crippen LogP contribution in [-0.2, 0) is 10.0 Å². The summed E-state index contributed by atoms with van der Waals surface area (Å²) in [6.45, 7) is 7.18. The van der Waals surface area contributed by atoms with Crippen molar-refractivity contribution in [1.82, 2.24) is 9.97 Å². The first kappa shape index (κ1) is 16.2. The van der Waals surface area contributed by atoms with Crippen molar-refractivity contribution < 1.29 is 8.42 Å². The third-order valence-electron chi connectivity index (χ3n) is 2.78. The van der Waals surface area contributed by atoms with Crippen molar-refractivity contribution in [1.29, 1.82) is 0 Å². The highest BCUT2D eigenvalue weighted by atomic mass is 32.2. The third-order valence-corrected chi connectivity index (χ3v) is 4.12. The molecule has 0 aliphatic heterocycles. The van der Waals surface area contributed by atoms with Gasteiger partial charge in [0.25, 0.3) is 10.0 Å². The Kier molecular flexibility index (Phi) is 4.65. The van der Waals surface area contributed by atoms with Crippen molar-refractivity contribution in [3.8, 4) is 0 Å². The van der Waals surface area contributed by atoms with E-state index in [4.69, 9.17) is 0 Å². The molecule has 0 aliphatic rings. The fourth-order valence-corrected chi connectivity index (χ4v) is 2.61. The zero-order chi connectivity index (χ0) is 16.2. The Hall–Kier alpha value is -2.15. The van der Waals surface area contributed by atoms with Crippen molar-refractivity contribution in [2.45, 2.75) is 25.7 Å². The molecular formula is C15H20N4O2S. The second kappa shape index (κ2) is 6.31. The van der Waals surface area contributed by atoms with Crippen LogP contribution in [0.5, 0.6) is 0 Å². The van der Waals surface area contributed by atoms with E-state index in [0.29, 0.717) is 0 Å². The van der Waals surface area contributed by atoms with Gasteiger partial charge in [-0.25, -0.2) is 23.1 Å². The van der Waals surface area contributed by atoms with E-state index in [1.165, 1.54) is 12.4 Å². The lowest BCUT2D eigenvalue weighted by molar-refractivity contribution is 0.443. The van der Waals surface area contributed by atoms with Crippen LogP contribution in [0.2, 0.25) is 0 Å². The SMILES string of the molecule is CC(C)(C)CNc1ccc(S(=O)(=O)Nc2ncccn2)cc1. The molecule has 1 aromatic carbocycles. The molecule has 2 rings (SSSR count). The van der Waals surface area contributed by atoms with Crippen molar-refractivity contribution in [2.24, 2.45) is 5.41 Å². The molecule has 0 saturated heterocycles. The topological polar surface area (TPSA) is 84.0 Å². The summed E-state index contributed by atoms with van der Waals surface area (Å²) in [5.74, 6) is 0.0532. The standard InChI is InChI=1S/C15H20N4O2S/c1-15(2,3)11-18-12-5-7-13(8-6-12)22(20,21)19-14-16-9-4-10-17-14/h4-10,18H,11H2,1-3H3,(H,16,17,19). The van der Waals surface area contributed by atoms with Crippen LogP contribution in [0.15, 0.2) is 47.6 Å². The molecule has 0 saturated carbocycles. The van der Waals surface area contributed by atoms with Gasteiger partial charge in [-0.1, -0.05) is 20.8 Å². The molecule has 0 bridgehead atoms. The maximum absolute atomic E-state index is 12.2. The molecule has 0 radical (unpaired) electrons. The summed E-state index contributed by atoms with van der Waals surface area (Å²) in [5, 5.41) is 3.27. The van der Waals surface area contributed by atoms with Crippen LogP contribution >= 0.6 is 0 Å². The molecule has 1 aromatic heterocycles. The summed E-state index contributed by atoms with van der Waals surface area (Å²) in [6.07, 6.45) is 2.95. The lowest BCUT2D eigenvalue weighted by Crippen LogP contribution is -2.19. The number of nitrogens with one attached hydrogen (secondary N) is 2. The smallest absolute Gasteiger partial charge is 0.264 e. The van der Waals surface area contributed by atoms with Crippen LogP contribution in [0.1, 0.15) is 20.8 Å². The molecule has 0 aliphatic carbocycles. The van der Waals surface area contributed by atoms with Gasteiger partial charge in [0.1, 0.15) is 0 Å². The van der Waals surface area contributed by atoms with Crippen molar-refractivity contribution in [2.75, 3.05) is 16.6 Å². The zero-order valence-electron chi connectivity index (χ0n) is 12.9. The second-order valence-corrected chi connectivity index (χ2v) is 7.80. The van der Waals surface area contributed by atoms with E-state index in [2.05, 4.69) is 40.8 Å². The molecule has 2 N–H and O–H groups in total. The van der Waals surface area contributed by atoms with Gasteiger partial charge in [0.05, 0.1) is 4.90 Å². The molecule has 0 fully saturated rings. The van der Waals surface area contributed by atoms with Crippen LogP contribution in [0.3, 0.4) is 0 Å². The van der Waals surface area contributed by atoms with Gasteiger partial charge < -0.3 is 5.32 Å². The number of benzene rings is 1. The molecule has 6 nitrogen and oxygen atoms in total. The molecular weight excluding hydrogens is 300 g/mol. The second-order valence-electron chi connectivity index (χ2n) is 6.12. The molecule has 2 aromatic rings. The van der Waals surface area contributed by atoms with Gasteiger partial charge in [0.15, 0.2) is 0 Å². The van der Waals surface area contributed by atoms with Gasteiger partial charge in [0.2, 0.25) is 5.95 Å². The predicted octanol–water partition coefficient (Wildman–Crippen LogP) is 2.74. The molecule has 0 atom stereocenters. The van der Waals surface area contributed by atoms with Crippen LogP contribution in [0, 0.1) is 5.41 Å². The minimum Gasteiger partial charge on any atom is -0.385 e. The van der Waals surface area contributed by atoms with E-state index in [-0.39, 0.29) is 16.3 Å². The van der Waals surface area contributed by atoms with Gasteiger partial charge >= 0.3 is 0 Å². The molecule has 118 valence electrons. The van der Waals surface area contributed by atoms with Crippen LogP contribution in [0.25, 0.3) is 0 Å². The molecule has 0 spiro atoms. The van der Waals surface area contributed by atoms with Crippen LogP contribution < -0.4 is 10.0 Å². The fourth-order valence-electron chi connectivity index (χ4n) is 1.65. The highest BCUT2D eigenvalue weighted by Gasteiger charge is 2.15. The van der Waals surface area contributed by atoms with E-state index >= 15 is 0 Å². The highest BCUT2D eigenvalue weighted by molar-refractivity contribution is 7.92. The minimum atomic E-state index is -3.68. The highest BCUT2D eigenvalue weighted by Crippen LogP contribution is 2.18. The summed E-state index contributed by atoms with van der Waals surface area (Å²) < 4.78 is 26.8. The van der Waals surface area contributed by atoms with Crippen molar-refractivity contribution in [3.05, 3.63) is 42.7 Å². The Bertz CT molecular complexity index is 707. The Morgan fingerprint density at radius 1 is 1.05 bits per heavy atom. The number of aromatic nitrogens is 2. The summed E-state index contributed by atoms with van der Waals surface area (Å²) in [4.78, 5) is 7.87. The summed E-state index contributed by atoms with van der Waals surface area (Å²) in [6, 6.07) is 8.21. The Balaban J connectivity index is 2.09. The van der Waals surface area contributed by atoms with E-state index in [0.717, 1.165) is 12.2 Å².